The van der Waals surface area contributed by atoms with E-state index in [4.69, 9.17) is 23.2 Å². The maximum Gasteiger partial charge on any atom is 0.264 e. The van der Waals surface area contributed by atoms with Gasteiger partial charge in [0.2, 0.25) is 11.9 Å². The molecule has 0 aliphatic heterocycles. The Morgan fingerprint density at radius 2 is 1.38 bits per heavy atom. The number of hydrogen-bond donors (Lipinski definition) is 2. The monoisotopic (exact) mass is 619 g/mol. The number of hydrogen-bond acceptors (Lipinski definition) is 7. The zero-order valence-corrected chi connectivity index (χ0v) is 24.3. The number of nitrogens with one attached hydrogen (secondary N) is 2. The normalized spacial score (nSPS) is 11.6. The van der Waals surface area contributed by atoms with E-state index in [0.29, 0.717) is 11.4 Å². The van der Waals surface area contributed by atoms with Crippen molar-refractivity contribution < 1.29 is 21.6 Å². The van der Waals surface area contributed by atoms with Gasteiger partial charge >= 0.3 is 0 Å². The molecule has 0 radical (unpaired) electrons. The van der Waals surface area contributed by atoms with Crippen LogP contribution in [0.3, 0.4) is 0 Å². The van der Waals surface area contributed by atoms with Gasteiger partial charge in [-0.2, -0.15) is 0 Å². The summed E-state index contributed by atoms with van der Waals surface area (Å²) in [5, 5.41) is 2.96. The molecule has 0 saturated carbocycles. The predicted octanol–water partition coefficient (Wildman–Crippen LogP) is 5.04. The number of carbonyl (C=O) groups is 1. The van der Waals surface area contributed by atoms with Gasteiger partial charge in [0.1, 0.15) is 6.54 Å². The average molecular weight is 621 g/mol. The lowest BCUT2D eigenvalue weighted by molar-refractivity contribution is -0.114. The van der Waals surface area contributed by atoms with Gasteiger partial charge in [0.05, 0.1) is 15.5 Å². The SMILES string of the molecule is Cc1cc(C)nc(NS(=O)(=O)c2ccc(NC(=O)CN(c3cc(Cl)cc(Cl)c3)S(=O)(=O)c3ccccc3)cc2)n1. The molecule has 0 unspecified atom stereocenters. The Morgan fingerprint density at radius 3 is 1.95 bits per heavy atom. The van der Waals surface area contributed by atoms with Crippen molar-refractivity contribution in [3.63, 3.8) is 0 Å². The van der Waals surface area contributed by atoms with Gasteiger partial charge in [-0.05, 0) is 74.5 Å². The zero-order chi connectivity index (χ0) is 29.1. The van der Waals surface area contributed by atoms with E-state index in [2.05, 4.69) is 20.0 Å². The van der Waals surface area contributed by atoms with Crippen LogP contribution in [-0.2, 0) is 24.8 Å². The van der Waals surface area contributed by atoms with Crippen LogP contribution in [0.5, 0.6) is 0 Å². The van der Waals surface area contributed by atoms with Crippen molar-refractivity contribution in [1.82, 2.24) is 9.97 Å². The molecule has 1 aromatic heterocycles. The fraction of sp³-hybridized carbons (Fsp3) is 0.115. The Hall–Kier alpha value is -3.71. The van der Waals surface area contributed by atoms with Crippen molar-refractivity contribution in [2.24, 2.45) is 0 Å². The van der Waals surface area contributed by atoms with E-state index in [1.165, 1.54) is 54.6 Å². The van der Waals surface area contributed by atoms with Crippen LogP contribution in [0, 0.1) is 13.8 Å². The van der Waals surface area contributed by atoms with Crippen LogP contribution in [0.4, 0.5) is 17.3 Å². The number of aromatic nitrogens is 2. The second kappa shape index (κ2) is 11.8. The lowest BCUT2D eigenvalue weighted by Gasteiger charge is -2.24. The van der Waals surface area contributed by atoms with Gasteiger partial charge < -0.3 is 5.32 Å². The van der Waals surface area contributed by atoms with Gasteiger partial charge in [-0.25, -0.2) is 31.5 Å². The standard InChI is InChI=1S/C26H23Cl2N5O5S2/c1-17-12-18(2)30-26(29-17)32-39(35,36)23-10-8-21(9-11-23)31-25(34)16-33(22-14-19(27)13-20(28)15-22)40(37,38)24-6-4-3-5-7-24/h3-15H,16H2,1-2H3,(H,31,34)(H,29,30,32). The van der Waals surface area contributed by atoms with Crippen LogP contribution >= 0.6 is 23.2 Å². The molecule has 0 atom stereocenters. The molecule has 4 aromatic rings. The molecule has 0 aliphatic carbocycles. The molecule has 10 nitrogen and oxygen atoms in total. The number of nitrogens with zero attached hydrogens (tertiary/aromatic N) is 3. The van der Waals surface area contributed by atoms with Crippen LogP contribution in [0.25, 0.3) is 0 Å². The lowest BCUT2D eigenvalue weighted by atomic mass is 10.3. The molecule has 40 heavy (non-hydrogen) atoms. The summed E-state index contributed by atoms with van der Waals surface area (Å²) in [5.41, 5.74) is 1.55. The molecule has 4 rings (SSSR count). The van der Waals surface area contributed by atoms with E-state index in [-0.39, 0.29) is 37.2 Å². The molecule has 0 spiro atoms. The molecular weight excluding hydrogens is 597 g/mol. The molecule has 0 fully saturated rings. The summed E-state index contributed by atoms with van der Waals surface area (Å²) in [5.74, 6) is -0.747. The first-order valence-electron chi connectivity index (χ1n) is 11.6. The Labute approximate surface area is 242 Å². The summed E-state index contributed by atoms with van der Waals surface area (Å²) in [7, 11) is -8.19. The lowest BCUT2D eigenvalue weighted by Crippen LogP contribution is -2.38. The minimum absolute atomic E-state index is 0.0336. The van der Waals surface area contributed by atoms with E-state index >= 15 is 0 Å². The molecular formula is C26H23Cl2N5O5S2. The van der Waals surface area contributed by atoms with E-state index < -0.39 is 32.5 Å². The summed E-state index contributed by atoms with van der Waals surface area (Å²) in [6, 6.07) is 18.8. The minimum atomic E-state index is -4.18. The van der Waals surface area contributed by atoms with Crippen LogP contribution in [-0.4, -0.2) is 39.3 Å². The number of halogens is 2. The molecule has 0 aliphatic rings. The summed E-state index contributed by atoms with van der Waals surface area (Å²) in [6.45, 7) is 2.83. The Balaban J connectivity index is 1.54. The first kappa shape index (κ1) is 29.3. The van der Waals surface area contributed by atoms with E-state index in [1.54, 1.807) is 38.1 Å². The minimum Gasteiger partial charge on any atom is -0.325 e. The van der Waals surface area contributed by atoms with Gasteiger partial charge in [-0.15, -0.1) is 0 Å². The topological polar surface area (TPSA) is 138 Å². The summed E-state index contributed by atoms with van der Waals surface area (Å²) < 4.78 is 55.7. The number of anilines is 3. The van der Waals surface area contributed by atoms with Gasteiger partial charge in [-0.1, -0.05) is 41.4 Å². The van der Waals surface area contributed by atoms with Crippen LogP contribution < -0.4 is 14.3 Å². The Bertz CT molecular complexity index is 1730. The third kappa shape index (κ3) is 7.07. The number of carbonyl (C=O) groups excluding carboxylic acids is 1. The Morgan fingerprint density at radius 1 is 0.800 bits per heavy atom. The number of rotatable bonds is 9. The fourth-order valence-corrected chi connectivity index (χ4v) is 6.60. The highest BCUT2D eigenvalue weighted by Crippen LogP contribution is 2.30. The summed E-state index contributed by atoms with van der Waals surface area (Å²) >= 11 is 12.2. The largest absolute Gasteiger partial charge is 0.325 e. The van der Waals surface area contributed by atoms with Crippen molar-refractivity contribution in [1.29, 1.82) is 0 Å². The molecule has 0 saturated heterocycles. The van der Waals surface area contributed by atoms with Gasteiger partial charge in [-0.3, -0.25) is 9.10 Å². The second-order valence-corrected chi connectivity index (χ2v) is 13.0. The van der Waals surface area contributed by atoms with Crippen LogP contribution in [0.2, 0.25) is 10.0 Å². The molecule has 2 N–H and O–H groups in total. The van der Waals surface area contributed by atoms with E-state index in [1.807, 2.05) is 0 Å². The summed E-state index contributed by atoms with van der Waals surface area (Å²) in [4.78, 5) is 21.0. The molecule has 3 aromatic carbocycles. The maximum absolute atomic E-state index is 13.5. The molecule has 1 heterocycles. The number of amides is 1. The molecule has 1 amide bonds. The highest BCUT2D eigenvalue weighted by atomic mass is 35.5. The fourth-order valence-electron chi connectivity index (χ4n) is 3.72. The number of aryl methyl sites for hydroxylation is 2. The van der Waals surface area contributed by atoms with E-state index in [0.717, 1.165) is 4.31 Å². The quantitative estimate of drug-likeness (QED) is 0.268. The predicted molar refractivity (Wildman–Crippen MR) is 155 cm³/mol. The molecule has 14 heteroatoms. The maximum atomic E-state index is 13.5. The Kier molecular flexibility index (Phi) is 8.64. The van der Waals surface area contributed by atoms with Crippen molar-refractivity contribution in [2.75, 3.05) is 20.9 Å². The average Bonchev–Trinajstić information content (AvgIpc) is 2.86. The highest BCUT2D eigenvalue weighted by molar-refractivity contribution is 7.93. The first-order valence-corrected chi connectivity index (χ1v) is 15.3. The highest BCUT2D eigenvalue weighted by Gasteiger charge is 2.28. The third-order valence-electron chi connectivity index (χ3n) is 5.41. The van der Waals surface area contributed by atoms with Crippen molar-refractivity contribution in [2.45, 2.75) is 23.6 Å². The van der Waals surface area contributed by atoms with Crippen molar-refractivity contribution in [3.8, 4) is 0 Å². The van der Waals surface area contributed by atoms with Gasteiger partial charge in [0.25, 0.3) is 20.0 Å². The number of benzene rings is 3. The zero-order valence-electron chi connectivity index (χ0n) is 21.2. The smallest absolute Gasteiger partial charge is 0.264 e. The summed E-state index contributed by atoms with van der Waals surface area (Å²) in [6.07, 6.45) is 0. The van der Waals surface area contributed by atoms with Crippen molar-refractivity contribution >= 4 is 66.5 Å². The van der Waals surface area contributed by atoms with Crippen LogP contribution in [0.15, 0.2) is 88.7 Å². The number of sulfonamides is 2. The van der Waals surface area contributed by atoms with E-state index in [9.17, 15) is 21.6 Å². The van der Waals surface area contributed by atoms with Gasteiger partial charge in [0, 0.05) is 27.1 Å². The molecule has 0 bridgehead atoms. The first-order chi connectivity index (χ1) is 18.8. The third-order valence-corrected chi connectivity index (χ3v) is 8.98. The van der Waals surface area contributed by atoms with Gasteiger partial charge in [0.15, 0.2) is 0 Å². The van der Waals surface area contributed by atoms with Crippen LogP contribution in [0.1, 0.15) is 11.4 Å². The second-order valence-electron chi connectivity index (χ2n) is 8.60. The van der Waals surface area contributed by atoms with Crippen molar-refractivity contribution in [3.05, 3.63) is 100 Å². The molecule has 208 valence electrons.